The van der Waals surface area contributed by atoms with Crippen LogP contribution >= 0.6 is 0 Å². The Kier molecular flexibility index (Phi) is 5.06. The maximum absolute atomic E-state index is 12.4. The monoisotopic (exact) mass is 318 g/mol. The van der Waals surface area contributed by atoms with Crippen LogP contribution in [0.1, 0.15) is 37.7 Å². The first-order chi connectivity index (χ1) is 11.2. The molecule has 1 heterocycles. The van der Waals surface area contributed by atoms with Crippen LogP contribution in [0.15, 0.2) is 18.2 Å². The summed E-state index contributed by atoms with van der Waals surface area (Å²) < 4.78 is 10.5. The van der Waals surface area contributed by atoms with Crippen molar-refractivity contribution in [3.05, 3.63) is 23.8 Å². The molecule has 1 saturated heterocycles. The van der Waals surface area contributed by atoms with E-state index in [4.69, 9.17) is 9.47 Å². The molecule has 0 spiro atoms. The Labute approximate surface area is 137 Å². The van der Waals surface area contributed by atoms with Crippen molar-refractivity contribution in [2.45, 2.75) is 50.7 Å². The standard InChI is InChI=1S/C18H26N2O3/c1-22-16-8-7-12(9-17(16)23-2)11-19-18(21)15-10-13-5-3-4-6-14(13)20-15/h7-9,13-15,20H,3-6,10-11H2,1-2H3,(H,19,21). The van der Waals surface area contributed by atoms with Crippen molar-refractivity contribution in [1.82, 2.24) is 10.6 Å². The van der Waals surface area contributed by atoms with E-state index in [2.05, 4.69) is 10.6 Å². The van der Waals surface area contributed by atoms with Crippen molar-refractivity contribution in [2.24, 2.45) is 5.92 Å². The van der Waals surface area contributed by atoms with E-state index in [9.17, 15) is 4.79 Å². The lowest BCUT2D eigenvalue weighted by molar-refractivity contribution is -0.123. The van der Waals surface area contributed by atoms with Gasteiger partial charge in [0, 0.05) is 12.6 Å². The minimum Gasteiger partial charge on any atom is -0.493 e. The normalized spacial score (nSPS) is 26.4. The molecule has 2 N–H and O–H groups in total. The third-order valence-corrected chi connectivity index (χ3v) is 5.09. The van der Waals surface area contributed by atoms with Crippen molar-refractivity contribution in [3.63, 3.8) is 0 Å². The number of carbonyl (C=O) groups is 1. The van der Waals surface area contributed by atoms with E-state index in [-0.39, 0.29) is 11.9 Å². The van der Waals surface area contributed by atoms with Gasteiger partial charge < -0.3 is 20.1 Å². The number of rotatable bonds is 5. The molecule has 3 atom stereocenters. The lowest BCUT2D eigenvalue weighted by atomic mass is 9.85. The van der Waals surface area contributed by atoms with Gasteiger partial charge in [0.25, 0.3) is 0 Å². The molecule has 3 unspecified atom stereocenters. The van der Waals surface area contributed by atoms with Crippen molar-refractivity contribution < 1.29 is 14.3 Å². The van der Waals surface area contributed by atoms with Crippen LogP contribution < -0.4 is 20.1 Å². The number of methoxy groups -OCH3 is 2. The van der Waals surface area contributed by atoms with Gasteiger partial charge in [0.05, 0.1) is 20.3 Å². The molecule has 1 aliphatic heterocycles. The summed E-state index contributed by atoms with van der Waals surface area (Å²) in [5.74, 6) is 2.17. The summed E-state index contributed by atoms with van der Waals surface area (Å²) >= 11 is 0. The summed E-state index contributed by atoms with van der Waals surface area (Å²) in [7, 11) is 3.23. The van der Waals surface area contributed by atoms with E-state index in [1.807, 2.05) is 18.2 Å². The van der Waals surface area contributed by atoms with Crippen LogP contribution in [0, 0.1) is 5.92 Å². The number of hydrogen-bond donors (Lipinski definition) is 2. The molecule has 1 aromatic rings. The molecule has 1 aliphatic carbocycles. The second-order valence-electron chi connectivity index (χ2n) is 6.51. The molecule has 2 fully saturated rings. The first-order valence-electron chi connectivity index (χ1n) is 8.46. The van der Waals surface area contributed by atoms with Gasteiger partial charge in [-0.1, -0.05) is 18.9 Å². The average molecular weight is 318 g/mol. The molecule has 23 heavy (non-hydrogen) atoms. The topological polar surface area (TPSA) is 59.6 Å². The van der Waals surface area contributed by atoms with Gasteiger partial charge in [-0.3, -0.25) is 4.79 Å². The molecular weight excluding hydrogens is 292 g/mol. The highest BCUT2D eigenvalue weighted by Crippen LogP contribution is 2.33. The first kappa shape index (κ1) is 16.1. The number of carbonyl (C=O) groups excluding carboxylic acids is 1. The van der Waals surface area contributed by atoms with Crippen LogP contribution in [0.4, 0.5) is 0 Å². The van der Waals surface area contributed by atoms with E-state index in [0.717, 1.165) is 12.0 Å². The molecule has 0 bridgehead atoms. The molecular formula is C18H26N2O3. The zero-order chi connectivity index (χ0) is 16.2. The molecule has 3 rings (SSSR count). The Morgan fingerprint density at radius 1 is 1.22 bits per heavy atom. The number of amides is 1. The Hall–Kier alpha value is -1.75. The van der Waals surface area contributed by atoms with E-state index < -0.39 is 0 Å². The number of ether oxygens (including phenoxy) is 2. The quantitative estimate of drug-likeness (QED) is 0.874. The maximum atomic E-state index is 12.4. The van der Waals surface area contributed by atoms with Gasteiger partial charge in [-0.2, -0.15) is 0 Å². The van der Waals surface area contributed by atoms with Crippen molar-refractivity contribution in [2.75, 3.05) is 14.2 Å². The Morgan fingerprint density at radius 2 is 2.00 bits per heavy atom. The molecule has 1 amide bonds. The van der Waals surface area contributed by atoms with Crippen LogP contribution in [0.25, 0.3) is 0 Å². The molecule has 126 valence electrons. The first-order valence-corrected chi connectivity index (χ1v) is 8.46. The maximum Gasteiger partial charge on any atom is 0.237 e. The zero-order valence-electron chi connectivity index (χ0n) is 13.9. The lowest BCUT2D eigenvalue weighted by Gasteiger charge is -2.24. The molecule has 5 heteroatoms. The highest BCUT2D eigenvalue weighted by atomic mass is 16.5. The Balaban J connectivity index is 1.55. The van der Waals surface area contributed by atoms with Crippen LogP contribution in [0.2, 0.25) is 0 Å². The fraction of sp³-hybridized carbons (Fsp3) is 0.611. The summed E-state index contributed by atoms with van der Waals surface area (Å²) in [6.07, 6.45) is 6.04. The van der Waals surface area contributed by atoms with Gasteiger partial charge in [-0.05, 0) is 42.9 Å². The average Bonchev–Trinajstić information content (AvgIpc) is 3.03. The highest BCUT2D eigenvalue weighted by Gasteiger charge is 2.37. The zero-order valence-corrected chi connectivity index (χ0v) is 13.9. The van der Waals surface area contributed by atoms with Gasteiger partial charge in [0.15, 0.2) is 11.5 Å². The molecule has 5 nitrogen and oxygen atoms in total. The third kappa shape index (κ3) is 3.61. The van der Waals surface area contributed by atoms with Crippen molar-refractivity contribution in [3.8, 4) is 11.5 Å². The van der Waals surface area contributed by atoms with E-state index >= 15 is 0 Å². The summed E-state index contributed by atoms with van der Waals surface area (Å²) in [5.41, 5.74) is 1.01. The van der Waals surface area contributed by atoms with E-state index in [0.29, 0.717) is 30.0 Å². The smallest absolute Gasteiger partial charge is 0.237 e. The Bertz CT molecular complexity index is 547. The Morgan fingerprint density at radius 3 is 2.74 bits per heavy atom. The minimum atomic E-state index is -0.0387. The van der Waals surface area contributed by atoms with Crippen LogP contribution in [0.3, 0.4) is 0 Å². The van der Waals surface area contributed by atoms with E-state index in [1.54, 1.807) is 14.2 Å². The van der Waals surface area contributed by atoms with Crippen molar-refractivity contribution in [1.29, 1.82) is 0 Å². The SMILES string of the molecule is COc1ccc(CNC(=O)C2CC3CCCCC3N2)cc1OC. The lowest BCUT2D eigenvalue weighted by Crippen LogP contribution is -2.42. The number of fused-ring (bicyclic) bond motifs is 1. The fourth-order valence-corrected chi connectivity index (χ4v) is 3.82. The van der Waals surface area contributed by atoms with Gasteiger partial charge >= 0.3 is 0 Å². The summed E-state index contributed by atoms with van der Waals surface area (Å²) in [5, 5.41) is 6.55. The van der Waals surface area contributed by atoms with E-state index in [1.165, 1.54) is 25.7 Å². The molecule has 0 radical (unpaired) electrons. The van der Waals surface area contributed by atoms with Gasteiger partial charge in [0.1, 0.15) is 0 Å². The molecule has 0 aromatic heterocycles. The van der Waals surface area contributed by atoms with Crippen LogP contribution in [-0.2, 0) is 11.3 Å². The van der Waals surface area contributed by atoms with Crippen LogP contribution in [-0.4, -0.2) is 32.2 Å². The minimum absolute atomic E-state index is 0.0387. The summed E-state index contributed by atoms with van der Waals surface area (Å²) in [6.45, 7) is 0.507. The molecule has 2 aliphatic rings. The second kappa shape index (κ2) is 7.21. The second-order valence-corrected chi connectivity index (χ2v) is 6.51. The molecule has 1 saturated carbocycles. The largest absolute Gasteiger partial charge is 0.493 e. The number of hydrogen-bond acceptors (Lipinski definition) is 4. The summed E-state index contributed by atoms with van der Waals surface area (Å²) in [4.78, 5) is 12.4. The van der Waals surface area contributed by atoms with Gasteiger partial charge in [-0.15, -0.1) is 0 Å². The van der Waals surface area contributed by atoms with Crippen LogP contribution in [0.5, 0.6) is 11.5 Å². The third-order valence-electron chi connectivity index (χ3n) is 5.09. The number of nitrogens with one attached hydrogen (secondary N) is 2. The molecule has 1 aromatic carbocycles. The highest BCUT2D eigenvalue weighted by molar-refractivity contribution is 5.82. The van der Waals surface area contributed by atoms with Gasteiger partial charge in [-0.25, -0.2) is 0 Å². The number of benzene rings is 1. The van der Waals surface area contributed by atoms with Gasteiger partial charge in [0.2, 0.25) is 5.91 Å². The summed E-state index contributed by atoms with van der Waals surface area (Å²) in [6, 6.07) is 6.22. The van der Waals surface area contributed by atoms with Crippen molar-refractivity contribution >= 4 is 5.91 Å². The predicted molar refractivity (Wildman–Crippen MR) is 88.7 cm³/mol. The fourth-order valence-electron chi connectivity index (χ4n) is 3.82. The predicted octanol–water partition coefficient (Wildman–Crippen LogP) is 2.24.